The summed E-state index contributed by atoms with van der Waals surface area (Å²) in [7, 11) is 0. The monoisotopic (exact) mass is 534 g/mol. The van der Waals surface area contributed by atoms with Gasteiger partial charge in [0.15, 0.2) is 23.1 Å². The lowest BCUT2D eigenvalue weighted by molar-refractivity contribution is 0.0991. The van der Waals surface area contributed by atoms with Gasteiger partial charge in [-0.05, 0) is 72.3 Å². The van der Waals surface area contributed by atoms with E-state index in [-0.39, 0.29) is 17.7 Å². The number of pyridine rings is 3. The average Bonchev–Trinajstić information content (AvgIpc) is 3.45. The van der Waals surface area contributed by atoms with Crippen LogP contribution in [-0.2, 0) is 6.42 Å². The number of benzene rings is 2. The van der Waals surface area contributed by atoms with Gasteiger partial charge in [0, 0.05) is 48.0 Å². The maximum Gasteiger partial charge on any atom is 0.265 e. The molecule has 0 spiro atoms. The Labute approximate surface area is 226 Å². The molecule has 4 heterocycles. The predicted octanol–water partition coefficient (Wildman–Crippen LogP) is 6.04. The van der Waals surface area contributed by atoms with Crippen molar-refractivity contribution < 1.29 is 18.3 Å². The molecule has 6 aromatic rings. The van der Waals surface area contributed by atoms with Gasteiger partial charge in [-0.25, -0.2) is 13.3 Å². The molecular formula is C31H20F2N4O3. The van der Waals surface area contributed by atoms with Crippen LogP contribution in [0.1, 0.15) is 15.9 Å². The van der Waals surface area contributed by atoms with Gasteiger partial charge in [0.1, 0.15) is 11.3 Å². The number of ketones is 1. The number of ether oxygens (including phenoxy) is 1. The molecule has 0 bridgehead atoms. The SMILES string of the molecule is O=C(Cc1ccc(Oc2cc(-c3cccnc3)cn3nccc23)c(F)c1)c1cccn(-c2ccc(F)cc2)c1=O. The Kier molecular flexibility index (Phi) is 6.45. The zero-order valence-electron chi connectivity index (χ0n) is 20.9. The normalized spacial score (nSPS) is 11.1. The van der Waals surface area contributed by atoms with Crippen LogP contribution in [0.5, 0.6) is 11.5 Å². The van der Waals surface area contributed by atoms with Gasteiger partial charge in [-0.2, -0.15) is 5.10 Å². The zero-order chi connectivity index (χ0) is 27.6. The maximum absolute atomic E-state index is 15.2. The summed E-state index contributed by atoms with van der Waals surface area (Å²) in [5.74, 6) is -1.20. The topological polar surface area (TPSA) is 78.5 Å². The number of nitrogens with zero attached hydrogens (tertiary/aromatic N) is 4. The van der Waals surface area contributed by atoms with E-state index < -0.39 is 23.0 Å². The van der Waals surface area contributed by atoms with E-state index in [0.717, 1.165) is 11.1 Å². The van der Waals surface area contributed by atoms with Crippen LogP contribution in [0.3, 0.4) is 0 Å². The molecule has 6 rings (SSSR count). The first kappa shape index (κ1) is 24.9. The van der Waals surface area contributed by atoms with Crippen LogP contribution in [0.15, 0.2) is 115 Å². The number of Topliss-reactive ketones (excluding diaryl/α,β-unsaturated/α-hetero) is 1. The molecule has 0 saturated carbocycles. The third-order valence-electron chi connectivity index (χ3n) is 6.40. The van der Waals surface area contributed by atoms with Crippen molar-refractivity contribution in [3.63, 3.8) is 0 Å². The van der Waals surface area contributed by atoms with Crippen LogP contribution in [0.25, 0.3) is 22.3 Å². The lowest BCUT2D eigenvalue weighted by Gasteiger charge is -2.12. The molecule has 196 valence electrons. The Morgan fingerprint density at radius 1 is 0.875 bits per heavy atom. The molecule has 0 unspecified atom stereocenters. The molecule has 0 aliphatic rings. The number of hydrogen-bond donors (Lipinski definition) is 0. The minimum atomic E-state index is -0.661. The summed E-state index contributed by atoms with van der Waals surface area (Å²) in [6, 6.07) is 19.8. The Bertz CT molecular complexity index is 1920. The summed E-state index contributed by atoms with van der Waals surface area (Å²) >= 11 is 0. The van der Waals surface area contributed by atoms with Crippen LogP contribution in [-0.4, -0.2) is 24.9 Å². The fourth-order valence-corrected chi connectivity index (χ4v) is 4.42. The van der Waals surface area contributed by atoms with Crippen molar-refractivity contribution in [2.45, 2.75) is 6.42 Å². The number of rotatable bonds is 7. The Hall–Kier alpha value is -5.44. The summed E-state index contributed by atoms with van der Waals surface area (Å²) in [4.78, 5) is 30.1. The first-order valence-corrected chi connectivity index (χ1v) is 12.3. The predicted molar refractivity (Wildman–Crippen MR) is 145 cm³/mol. The fraction of sp³-hybridized carbons (Fsp3) is 0.0323. The average molecular weight is 535 g/mol. The molecule has 0 aliphatic heterocycles. The summed E-state index contributed by atoms with van der Waals surface area (Å²) in [6.45, 7) is 0. The van der Waals surface area contributed by atoms with Crippen molar-refractivity contribution in [3.8, 4) is 28.3 Å². The number of halogens is 2. The lowest BCUT2D eigenvalue weighted by atomic mass is 10.0. The first-order chi connectivity index (χ1) is 19.5. The van der Waals surface area contributed by atoms with Crippen molar-refractivity contribution in [1.82, 2.24) is 19.2 Å². The third kappa shape index (κ3) is 4.88. The standard InChI is InChI=1S/C31H20F2N4O3/c32-23-6-8-24(9-7-23)36-14-2-4-25(31(36)39)28(38)16-20-5-10-29(26(33)15-20)40-30-17-22(21-3-1-12-34-18-21)19-37-27(30)11-13-35-37/h1-15,17-19H,16H2. The zero-order valence-corrected chi connectivity index (χ0v) is 20.9. The van der Waals surface area contributed by atoms with Crippen molar-refractivity contribution >= 4 is 11.3 Å². The van der Waals surface area contributed by atoms with E-state index in [1.54, 1.807) is 47.4 Å². The van der Waals surface area contributed by atoms with E-state index in [1.165, 1.54) is 53.2 Å². The van der Waals surface area contributed by atoms with Gasteiger partial charge in [0.25, 0.3) is 5.56 Å². The van der Waals surface area contributed by atoms with Crippen molar-refractivity contribution in [3.05, 3.63) is 143 Å². The molecular weight excluding hydrogens is 514 g/mol. The molecule has 0 fully saturated rings. The van der Waals surface area contributed by atoms with Gasteiger partial charge >= 0.3 is 0 Å². The summed E-state index contributed by atoms with van der Waals surface area (Å²) in [6.07, 6.45) is 8.14. The van der Waals surface area contributed by atoms with E-state index in [4.69, 9.17) is 4.74 Å². The number of hydrogen-bond acceptors (Lipinski definition) is 5. The second-order valence-electron chi connectivity index (χ2n) is 9.04. The van der Waals surface area contributed by atoms with Gasteiger partial charge in [0.05, 0.1) is 11.8 Å². The van der Waals surface area contributed by atoms with Crippen molar-refractivity contribution in [2.75, 3.05) is 0 Å². The smallest absolute Gasteiger partial charge is 0.265 e. The first-order valence-electron chi connectivity index (χ1n) is 12.3. The van der Waals surface area contributed by atoms with Gasteiger partial charge in [-0.15, -0.1) is 0 Å². The van der Waals surface area contributed by atoms with Crippen LogP contribution in [0.2, 0.25) is 0 Å². The minimum absolute atomic E-state index is 0.0268. The van der Waals surface area contributed by atoms with Gasteiger partial charge in [0.2, 0.25) is 0 Å². The highest BCUT2D eigenvalue weighted by Gasteiger charge is 2.16. The van der Waals surface area contributed by atoms with Crippen LogP contribution in [0, 0.1) is 11.6 Å². The van der Waals surface area contributed by atoms with E-state index >= 15 is 4.39 Å². The number of carbonyl (C=O) groups excluding carboxylic acids is 1. The van der Waals surface area contributed by atoms with Crippen LogP contribution >= 0.6 is 0 Å². The molecule has 0 atom stereocenters. The highest BCUT2D eigenvalue weighted by molar-refractivity contribution is 5.97. The molecule has 0 radical (unpaired) electrons. The Morgan fingerprint density at radius 3 is 2.50 bits per heavy atom. The number of aromatic nitrogens is 4. The highest BCUT2D eigenvalue weighted by atomic mass is 19.1. The fourth-order valence-electron chi connectivity index (χ4n) is 4.42. The van der Waals surface area contributed by atoms with Crippen LogP contribution in [0.4, 0.5) is 8.78 Å². The molecule has 9 heteroatoms. The quantitative estimate of drug-likeness (QED) is 0.233. The van der Waals surface area contributed by atoms with Gasteiger partial charge in [-0.1, -0.05) is 12.1 Å². The highest BCUT2D eigenvalue weighted by Crippen LogP contribution is 2.32. The Balaban J connectivity index is 1.25. The maximum atomic E-state index is 15.2. The molecule has 0 N–H and O–H groups in total. The molecule has 2 aromatic carbocycles. The van der Waals surface area contributed by atoms with E-state index in [2.05, 4.69) is 10.1 Å². The molecule has 40 heavy (non-hydrogen) atoms. The lowest BCUT2D eigenvalue weighted by Crippen LogP contribution is -2.25. The van der Waals surface area contributed by atoms with Gasteiger partial charge in [-0.3, -0.25) is 19.1 Å². The Morgan fingerprint density at radius 2 is 1.73 bits per heavy atom. The summed E-state index contributed by atoms with van der Waals surface area (Å²) in [5.41, 5.74) is 2.49. The molecule has 0 amide bonds. The third-order valence-corrected chi connectivity index (χ3v) is 6.40. The molecule has 7 nitrogen and oxygen atoms in total. The van der Waals surface area contributed by atoms with Gasteiger partial charge < -0.3 is 4.74 Å². The van der Waals surface area contributed by atoms with E-state index in [0.29, 0.717) is 22.5 Å². The van der Waals surface area contributed by atoms with Crippen molar-refractivity contribution in [2.24, 2.45) is 0 Å². The molecule has 0 saturated heterocycles. The number of fused-ring (bicyclic) bond motifs is 1. The van der Waals surface area contributed by atoms with Crippen molar-refractivity contribution in [1.29, 1.82) is 0 Å². The minimum Gasteiger partial charge on any atom is -0.452 e. The largest absolute Gasteiger partial charge is 0.452 e. The second-order valence-corrected chi connectivity index (χ2v) is 9.04. The molecule has 0 aliphatic carbocycles. The summed E-state index contributed by atoms with van der Waals surface area (Å²) < 4.78 is 37.3. The number of carbonyl (C=O) groups is 1. The summed E-state index contributed by atoms with van der Waals surface area (Å²) in [5, 5.41) is 4.28. The van der Waals surface area contributed by atoms with Crippen LogP contribution < -0.4 is 10.3 Å². The van der Waals surface area contributed by atoms with E-state index in [1.807, 2.05) is 18.3 Å². The second kappa shape index (κ2) is 10.4. The van der Waals surface area contributed by atoms with E-state index in [9.17, 15) is 14.0 Å². The molecule has 4 aromatic heterocycles.